The van der Waals surface area contributed by atoms with Crippen LogP contribution < -0.4 is 16.5 Å². The molecule has 0 atom stereocenters. The molecule has 2 aromatic heterocycles. The molecule has 3 rings (SSSR count). The molecule has 1 aromatic carbocycles. The zero-order valence-corrected chi connectivity index (χ0v) is 25.7. The number of nitrogens with two attached hydrogens (primary N) is 2. The van der Waals surface area contributed by atoms with Crippen LogP contribution in [0.1, 0.15) is 73.9 Å². The van der Waals surface area contributed by atoms with Gasteiger partial charge in [-0.2, -0.15) is 31.4 Å². The lowest BCUT2D eigenvalue weighted by Crippen LogP contribution is -2.40. The number of guanidine groups is 1. The van der Waals surface area contributed by atoms with Crippen LogP contribution in [0.2, 0.25) is 0 Å². The second-order valence-electron chi connectivity index (χ2n) is 10.9. The maximum atomic E-state index is 13.6. The summed E-state index contributed by atoms with van der Waals surface area (Å²) in [6, 6.07) is 3.38. The number of anilines is 1. The highest BCUT2D eigenvalue weighted by molar-refractivity contribution is 5.82. The van der Waals surface area contributed by atoms with E-state index < -0.39 is 30.0 Å². The number of nitrogens with zero attached hydrogens (tertiary/aromatic N) is 7. The van der Waals surface area contributed by atoms with Crippen LogP contribution in [-0.2, 0) is 32.5 Å². The number of hydrazine groups is 1. The van der Waals surface area contributed by atoms with Gasteiger partial charge in [-0.3, -0.25) is 4.68 Å². The van der Waals surface area contributed by atoms with E-state index in [0.717, 1.165) is 48.3 Å². The first kappa shape index (κ1) is 34.7. The molecule has 0 unspecified atom stereocenters. The van der Waals surface area contributed by atoms with Gasteiger partial charge in [0.05, 0.1) is 16.8 Å². The van der Waals surface area contributed by atoms with Crippen molar-refractivity contribution in [1.82, 2.24) is 24.8 Å². The van der Waals surface area contributed by atoms with Crippen molar-refractivity contribution in [3.63, 3.8) is 0 Å². The van der Waals surface area contributed by atoms with E-state index in [1.807, 2.05) is 13.0 Å². The Morgan fingerprint density at radius 1 is 0.909 bits per heavy atom. The van der Waals surface area contributed by atoms with E-state index in [2.05, 4.69) is 28.9 Å². The summed E-state index contributed by atoms with van der Waals surface area (Å²) in [7, 11) is 3.19. The van der Waals surface area contributed by atoms with Crippen molar-refractivity contribution in [2.75, 3.05) is 25.0 Å². The highest BCUT2D eigenvalue weighted by atomic mass is 19.4. The fourth-order valence-corrected chi connectivity index (χ4v) is 4.97. The molecule has 0 aliphatic rings. The Morgan fingerprint density at radius 3 is 2.05 bits per heavy atom. The van der Waals surface area contributed by atoms with Crippen LogP contribution in [0.3, 0.4) is 0 Å². The van der Waals surface area contributed by atoms with Gasteiger partial charge in [0.2, 0.25) is 5.96 Å². The van der Waals surface area contributed by atoms with E-state index >= 15 is 0 Å². The molecule has 0 aliphatic heterocycles. The Balaban J connectivity index is 2.18. The number of hydrazone groups is 1. The summed E-state index contributed by atoms with van der Waals surface area (Å²) in [5.74, 6) is 6.14. The molecule has 0 bridgehead atoms. The standard InChI is InChI=1S/C29H41F6N9/c1-6-8-10-12-43(11-9-7-2)25-21(15-24-19(3)39-41(4)26(24)38-25)18-44(27(36)40-42(5)37)17-20-13-22(28(30,31)32)16-23(14-20)29(33,34)35/h13-16H,6-12,17-18,37H2,1-5H3,(H2,36,40). The van der Waals surface area contributed by atoms with Crippen LogP contribution in [0.25, 0.3) is 11.0 Å². The van der Waals surface area contributed by atoms with Crippen molar-refractivity contribution >= 4 is 22.8 Å². The largest absolute Gasteiger partial charge is 0.416 e. The predicted octanol–water partition coefficient (Wildman–Crippen LogP) is 6.15. The molecule has 0 aliphatic carbocycles. The van der Waals surface area contributed by atoms with Crippen molar-refractivity contribution in [3.8, 4) is 0 Å². The van der Waals surface area contributed by atoms with Gasteiger partial charge < -0.3 is 15.5 Å². The van der Waals surface area contributed by atoms with Gasteiger partial charge in [0, 0.05) is 51.2 Å². The summed E-state index contributed by atoms with van der Waals surface area (Å²) in [4.78, 5) is 8.55. The smallest absolute Gasteiger partial charge is 0.368 e. The SMILES string of the molecule is CCCCCN(CCCC)c1nc2c(cc1CN(Cc1cc(C(F)(F)F)cc(C(F)(F)F)c1)/C(N)=N/N(C)N)c(C)nn2C. The normalized spacial score (nSPS) is 12.7. The van der Waals surface area contributed by atoms with Crippen molar-refractivity contribution in [2.45, 2.75) is 78.3 Å². The van der Waals surface area contributed by atoms with Gasteiger partial charge in [-0.1, -0.05) is 33.1 Å². The van der Waals surface area contributed by atoms with Crippen molar-refractivity contribution in [1.29, 1.82) is 0 Å². The maximum absolute atomic E-state index is 13.6. The molecule has 0 fully saturated rings. The van der Waals surface area contributed by atoms with Crippen LogP contribution in [0.5, 0.6) is 0 Å². The quantitative estimate of drug-likeness (QED) is 0.0584. The predicted molar refractivity (Wildman–Crippen MR) is 159 cm³/mol. The molecular weight excluding hydrogens is 588 g/mol. The molecule has 4 N–H and O–H groups in total. The number of halogens is 6. The third-order valence-corrected chi connectivity index (χ3v) is 7.13. The number of fused-ring (bicyclic) bond motifs is 1. The number of pyridine rings is 1. The van der Waals surface area contributed by atoms with Gasteiger partial charge in [-0.15, -0.1) is 5.10 Å². The Morgan fingerprint density at radius 2 is 1.50 bits per heavy atom. The summed E-state index contributed by atoms with van der Waals surface area (Å²) < 4.78 is 83.5. The first-order valence-electron chi connectivity index (χ1n) is 14.5. The molecule has 0 amide bonds. The van der Waals surface area contributed by atoms with E-state index in [-0.39, 0.29) is 24.1 Å². The second kappa shape index (κ2) is 14.4. The minimum atomic E-state index is -4.99. The minimum Gasteiger partial charge on any atom is -0.368 e. The number of hydrogen-bond acceptors (Lipinski definition) is 6. The van der Waals surface area contributed by atoms with E-state index in [1.54, 1.807) is 11.7 Å². The Hall–Kier alpha value is -3.75. The Bertz CT molecular complexity index is 1400. The molecular formula is C29H41F6N9. The Labute approximate surface area is 253 Å². The first-order chi connectivity index (χ1) is 20.5. The van der Waals surface area contributed by atoms with E-state index in [1.165, 1.54) is 11.9 Å². The molecule has 244 valence electrons. The van der Waals surface area contributed by atoms with Gasteiger partial charge >= 0.3 is 12.4 Å². The molecule has 44 heavy (non-hydrogen) atoms. The van der Waals surface area contributed by atoms with Crippen LogP contribution in [0, 0.1) is 6.92 Å². The summed E-state index contributed by atoms with van der Waals surface area (Å²) in [6.07, 6.45) is -5.20. The molecule has 9 nitrogen and oxygen atoms in total. The second-order valence-corrected chi connectivity index (χ2v) is 10.9. The molecule has 3 aromatic rings. The maximum Gasteiger partial charge on any atom is 0.416 e. The van der Waals surface area contributed by atoms with Gasteiger partial charge in [0.15, 0.2) is 5.65 Å². The van der Waals surface area contributed by atoms with Crippen LogP contribution in [-0.4, -0.2) is 50.9 Å². The number of rotatable bonds is 13. The highest BCUT2D eigenvalue weighted by Gasteiger charge is 2.37. The van der Waals surface area contributed by atoms with Crippen LogP contribution in [0.4, 0.5) is 32.2 Å². The molecule has 0 saturated heterocycles. The lowest BCUT2D eigenvalue weighted by Gasteiger charge is -2.30. The minimum absolute atomic E-state index is 0.0240. The fraction of sp³-hybridized carbons (Fsp3) is 0.552. The van der Waals surface area contributed by atoms with E-state index in [0.29, 0.717) is 42.3 Å². The van der Waals surface area contributed by atoms with Gasteiger partial charge in [0.25, 0.3) is 0 Å². The van der Waals surface area contributed by atoms with Crippen molar-refractivity contribution in [2.24, 2.45) is 23.7 Å². The van der Waals surface area contributed by atoms with Crippen molar-refractivity contribution in [3.05, 3.63) is 52.2 Å². The number of benzene rings is 1. The lowest BCUT2D eigenvalue weighted by atomic mass is 10.0. The highest BCUT2D eigenvalue weighted by Crippen LogP contribution is 2.37. The first-order valence-corrected chi connectivity index (χ1v) is 14.5. The number of aromatic nitrogens is 3. The number of alkyl halides is 6. The number of unbranched alkanes of at least 4 members (excludes halogenated alkanes) is 3. The third kappa shape index (κ3) is 8.89. The van der Waals surface area contributed by atoms with Gasteiger partial charge in [0.1, 0.15) is 5.82 Å². The van der Waals surface area contributed by atoms with E-state index in [9.17, 15) is 26.3 Å². The zero-order chi connectivity index (χ0) is 32.8. The van der Waals surface area contributed by atoms with E-state index in [4.69, 9.17) is 16.6 Å². The fourth-order valence-electron chi connectivity index (χ4n) is 4.97. The topological polar surface area (TPSA) is 105 Å². The number of aryl methyl sites for hydroxylation is 2. The molecule has 2 heterocycles. The van der Waals surface area contributed by atoms with Crippen molar-refractivity contribution < 1.29 is 26.3 Å². The lowest BCUT2D eigenvalue weighted by molar-refractivity contribution is -0.143. The molecule has 0 saturated carbocycles. The summed E-state index contributed by atoms with van der Waals surface area (Å²) >= 11 is 0. The molecule has 0 spiro atoms. The molecule has 15 heteroatoms. The number of hydrogen-bond donors (Lipinski definition) is 2. The average molecular weight is 630 g/mol. The van der Waals surface area contributed by atoms with Crippen LogP contribution >= 0.6 is 0 Å². The third-order valence-electron chi connectivity index (χ3n) is 7.13. The molecule has 0 radical (unpaired) electrons. The van der Waals surface area contributed by atoms with Gasteiger partial charge in [-0.05, 0) is 49.6 Å². The summed E-state index contributed by atoms with van der Waals surface area (Å²) in [6.45, 7) is 7.01. The monoisotopic (exact) mass is 629 g/mol. The van der Waals surface area contributed by atoms with Crippen LogP contribution in [0.15, 0.2) is 29.4 Å². The average Bonchev–Trinajstić information content (AvgIpc) is 3.20. The zero-order valence-electron chi connectivity index (χ0n) is 25.7. The summed E-state index contributed by atoms with van der Waals surface area (Å²) in [5, 5.41) is 10.2. The Kier molecular flexibility index (Phi) is 11.3. The van der Waals surface area contributed by atoms with Gasteiger partial charge in [-0.25, -0.2) is 15.9 Å². The summed E-state index contributed by atoms with van der Waals surface area (Å²) in [5.41, 5.74) is 5.24.